The minimum atomic E-state index is -0.627. The molecule has 0 spiro atoms. The zero-order valence-corrected chi connectivity index (χ0v) is 14.6. The molecule has 3 N–H and O–H groups in total. The Bertz CT molecular complexity index is 564. The summed E-state index contributed by atoms with van der Waals surface area (Å²) in [6.07, 6.45) is -0.341. The lowest BCUT2D eigenvalue weighted by Gasteiger charge is -2.29. The highest BCUT2D eigenvalue weighted by molar-refractivity contribution is 7.99. The van der Waals surface area contributed by atoms with E-state index in [9.17, 15) is 15.0 Å². The van der Waals surface area contributed by atoms with Gasteiger partial charge in [0, 0.05) is 10.5 Å². The minimum absolute atomic E-state index is 0.234. The SMILES string of the molecule is CC(C)(C)[C@@H](O)C[C@H](CO)NC(=O)c1cccc(SCC#N)c1. The number of carbonyl (C=O) groups is 1. The van der Waals surface area contributed by atoms with Crippen LogP contribution in [0.25, 0.3) is 0 Å². The molecule has 5 nitrogen and oxygen atoms in total. The van der Waals surface area contributed by atoms with E-state index in [2.05, 4.69) is 5.32 Å². The second kappa shape index (κ2) is 8.92. The van der Waals surface area contributed by atoms with Crippen LogP contribution in [-0.2, 0) is 0 Å². The zero-order valence-electron chi connectivity index (χ0n) is 13.7. The maximum Gasteiger partial charge on any atom is 0.251 e. The summed E-state index contributed by atoms with van der Waals surface area (Å²) < 4.78 is 0. The highest BCUT2D eigenvalue weighted by Crippen LogP contribution is 2.23. The largest absolute Gasteiger partial charge is 0.394 e. The van der Waals surface area contributed by atoms with Gasteiger partial charge in [-0.3, -0.25) is 4.79 Å². The lowest BCUT2D eigenvalue weighted by molar-refractivity contribution is 0.0383. The Morgan fingerprint density at radius 3 is 2.70 bits per heavy atom. The van der Waals surface area contributed by atoms with Crippen molar-refractivity contribution in [3.63, 3.8) is 0 Å². The molecule has 0 fully saturated rings. The van der Waals surface area contributed by atoms with Gasteiger partial charge in [-0.1, -0.05) is 26.8 Å². The van der Waals surface area contributed by atoms with Crippen LogP contribution < -0.4 is 5.32 Å². The van der Waals surface area contributed by atoms with Gasteiger partial charge in [0.25, 0.3) is 5.91 Å². The van der Waals surface area contributed by atoms with Gasteiger partial charge in [-0.25, -0.2) is 0 Å². The van der Waals surface area contributed by atoms with Crippen LogP contribution in [0, 0.1) is 16.7 Å². The summed E-state index contributed by atoms with van der Waals surface area (Å²) in [6.45, 7) is 5.49. The molecule has 23 heavy (non-hydrogen) atoms. The van der Waals surface area contributed by atoms with Gasteiger partial charge < -0.3 is 15.5 Å². The third-order valence-electron chi connectivity index (χ3n) is 3.46. The van der Waals surface area contributed by atoms with Crippen LogP contribution in [0.4, 0.5) is 0 Å². The van der Waals surface area contributed by atoms with Gasteiger partial charge in [-0.15, -0.1) is 11.8 Å². The van der Waals surface area contributed by atoms with E-state index in [1.54, 1.807) is 18.2 Å². The predicted octanol–water partition coefficient (Wildman–Crippen LogP) is 2.19. The first kappa shape index (κ1) is 19.5. The first-order valence-corrected chi connectivity index (χ1v) is 8.46. The number of carbonyl (C=O) groups excluding carboxylic acids is 1. The van der Waals surface area contributed by atoms with Crippen molar-refractivity contribution in [3.05, 3.63) is 29.8 Å². The molecule has 0 saturated heterocycles. The molecule has 0 aliphatic rings. The second-order valence-corrected chi connectivity index (χ2v) is 7.49. The van der Waals surface area contributed by atoms with Crippen LogP contribution in [0.15, 0.2) is 29.2 Å². The van der Waals surface area contributed by atoms with Crippen molar-refractivity contribution in [2.24, 2.45) is 5.41 Å². The van der Waals surface area contributed by atoms with E-state index in [4.69, 9.17) is 5.26 Å². The molecule has 126 valence electrons. The Balaban J connectivity index is 2.71. The minimum Gasteiger partial charge on any atom is -0.394 e. The van der Waals surface area contributed by atoms with E-state index in [1.807, 2.05) is 32.9 Å². The number of benzene rings is 1. The second-order valence-electron chi connectivity index (χ2n) is 6.45. The van der Waals surface area contributed by atoms with Crippen molar-refractivity contribution in [2.45, 2.75) is 44.2 Å². The summed E-state index contributed by atoms with van der Waals surface area (Å²) in [5, 5.41) is 30.9. The Morgan fingerprint density at radius 2 is 2.13 bits per heavy atom. The molecule has 0 radical (unpaired) electrons. The van der Waals surface area contributed by atoms with Crippen LogP contribution in [0.5, 0.6) is 0 Å². The Morgan fingerprint density at radius 1 is 1.43 bits per heavy atom. The molecule has 0 aliphatic heterocycles. The third-order valence-corrected chi connectivity index (χ3v) is 4.32. The van der Waals surface area contributed by atoms with E-state index < -0.39 is 12.1 Å². The van der Waals surface area contributed by atoms with Crippen LogP contribution in [0.2, 0.25) is 0 Å². The van der Waals surface area contributed by atoms with Crippen LogP contribution >= 0.6 is 11.8 Å². The fourth-order valence-electron chi connectivity index (χ4n) is 1.91. The molecular weight excluding hydrogens is 312 g/mol. The highest BCUT2D eigenvalue weighted by atomic mass is 32.2. The number of hydrogen-bond acceptors (Lipinski definition) is 5. The first-order valence-electron chi connectivity index (χ1n) is 7.47. The van der Waals surface area contributed by atoms with Gasteiger partial charge in [0.15, 0.2) is 0 Å². The summed E-state index contributed by atoms with van der Waals surface area (Å²) in [5.41, 5.74) is 0.156. The maximum atomic E-state index is 12.3. The maximum absolute atomic E-state index is 12.3. The standard InChI is InChI=1S/C17H24N2O3S/c1-17(2,3)15(21)10-13(11-20)19-16(22)12-5-4-6-14(9-12)23-8-7-18/h4-6,9,13,15,20-21H,8,10-11H2,1-3H3,(H,19,22)/t13-,15+/m1/s1. The fraction of sp³-hybridized carbons (Fsp3) is 0.529. The number of nitrogens with one attached hydrogen (secondary N) is 1. The van der Waals surface area contributed by atoms with Gasteiger partial charge in [0.1, 0.15) is 0 Å². The summed E-state index contributed by atoms with van der Waals surface area (Å²) in [7, 11) is 0. The molecule has 0 aliphatic carbocycles. The lowest BCUT2D eigenvalue weighted by atomic mass is 9.85. The molecule has 0 bridgehead atoms. The van der Waals surface area contributed by atoms with E-state index in [-0.39, 0.29) is 24.3 Å². The molecule has 1 rings (SSSR count). The summed E-state index contributed by atoms with van der Waals surface area (Å²) in [5.74, 6) is 0.0202. The Kier molecular flexibility index (Phi) is 7.56. The molecule has 2 atom stereocenters. The molecule has 0 heterocycles. The number of nitriles is 1. The molecule has 0 aromatic heterocycles. The normalized spacial score (nSPS) is 13.9. The van der Waals surface area contributed by atoms with Crippen LogP contribution in [-0.4, -0.2) is 40.6 Å². The lowest BCUT2D eigenvalue weighted by Crippen LogP contribution is -2.42. The molecular formula is C17H24N2O3S. The number of amides is 1. The van der Waals surface area contributed by atoms with E-state index in [0.717, 1.165) is 4.90 Å². The van der Waals surface area contributed by atoms with Gasteiger partial charge in [0.05, 0.1) is 30.6 Å². The average Bonchev–Trinajstić information content (AvgIpc) is 2.51. The molecule has 6 heteroatoms. The van der Waals surface area contributed by atoms with Crippen LogP contribution in [0.1, 0.15) is 37.6 Å². The predicted molar refractivity (Wildman–Crippen MR) is 91.2 cm³/mol. The zero-order chi connectivity index (χ0) is 17.5. The van der Waals surface area contributed by atoms with Crippen molar-refractivity contribution in [3.8, 4) is 6.07 Å². The first-order chi connectivity index (χ1) is 10.8. The number of thioether (sulfide) groups is 1. The van der Waals surface area contributed by atoms with Crippen molar-refractivity contribution in [1.29, 1.82) is 5.26 Å². The topological polar surface area (TPSA) is 93.3 Å². The number of aliphatic hydroxyl groups excluding tert-OH is 2. The Hall–Kier alpha value is -1.55. The average molecular weight is 336 g/mol. The molecule has 1 aromatic rings. The molecule has 0 unspecified atom stereocenters. The van der Waals surface area contributed by atoms with Crippen LogP contribution in [0.3, 0.4) is 0 Å². The quantitative estimate of drug-likeness (QED) is 0.664. The summed E-state index contributed by atoms with van der Waals surface area (Å²) in [4.78, 5) is 13.1. The van der Waals surface area contributed by atoms with Crippen molar-refractivity contribution in [2.75, 3.05) is 12.4 Å². The number of rotatable bonds is 7. The number of hydrogen-bond donors (Lipinski definition) is 3. The number of nitrogens with zero attached hydrogens (tertiary/aromatic N) is 1. The van der Waals surface area contributed by atoms with Crippen molar-refractivity contribution in [1.82, 2.24) is 5.32 Å². The summed E-state index contributed by atoms with van der Waals surface area (Å²) >= 11 is 1.36. The van der Waals surface area contributed by atoms with E-state index >= 15 is 0 Å². The molecule has 1 amide bonds. The number of aliphatic hydroxyl groups is 2. The van der Waals surface area contributed by atoms with Gasteiger partial charge in [0.2, 0.25) is 0 Å². The molecule has 0 saturated carbocycles. The van der Waals surface area contributed by atoms with Crippen molar-refractivity contribution < 1.29 is 15.0 Å². The smallest absolute Gasteiger partial charge is 0.251 e. The monoisotopic (exact) mass is 336 g/mol. The third kappa shape index (κ3) is 6.61. The van der Waals surface area contributed by atoms with E-state index in [1.165, 1.54) is 11.8 Å². The van der Waals surface area contributed by atoms with Gasteiger partial charge in [-0.2, -0.15) is 5.26 Å². The van der Waals surface area contributed by atoms with Gasteiger partial charge in [-0.05, 0) is 30.0 Å². The fourth-order valence-corrected chi connectivity index (χ4v) is 2.53. The Labute approximate surface area is 141 Å². The van der Waals surface area contributed by atoms with Gasteiger partial charge >= 0.3 is 0 Å². The molecule has 1 aromatic carbocycles. The van der Waals surface area contributed by atoms with Crippen molar-refractivity contribution >= 4 is 17.7 Å². The highest BCUT2D eigenvalue weighted by Gasteiger charge is 2.26. The van der Waals surface area contributed by atoms with E-state index in [0.29, 0.717) is 11.3 Å². The summed E-state index contributed by atoms with van der Waals surface area (Å²) in [6, 6.07) is 8.53.